The van der Waals surface area contributed by atoms with Gasteiger partial charge in [0.2, 0.25) is 0 Å². The fourth-order valence-corrected chi connectivity index (χ4v) is 3.82. The molecular formula is C20H30N4O2. The minimum absolute atomic E-state index is 0.0365. The van der Waals surface area contributed by atoms with Crippen molar-refractivity contribution >= 4 is 10.9 Å². The van der Waals surface area contributed by atoms with Gasteiger partial charge in [0.15, 0.2) is 0 Å². The van der Waals surface area contributed by atoms with Crippen molar-refractivity contribution in [3.05, 3.63) is 40.4 Å². The first-order valence-electron chi connectivity index (χ1n) is 9.54. The van der Waals surface area contributed by atoms with E-state index in [1.54, 1.807) is 11.7 Å². The van der Waals surface area contributed by atoms with E-state index in [4.69, 9.17) is 9.72 Å². The van der Waals surface area contributed by atoms with Crippen molar-refractivity contribution in [2.45, 2.75) is 32.4 Å². The number of piperazine rings is 1. The third-order valence-electron chi connectivity index (χ3n) is 5.33. The van der Waals surface area contributed by atoms with Crippen LogP contribution in [0.15, 0.2) is 29.1 Å². The molecule has 1 unspecified atom stereocenters. The highest BCUT2D eigenvalue weighted by molar-refractivity contribution is 5.77. The summed E-state index contributed by atoms with van der Waals surface area (Å²) in [6.45, 7) is 7.77. The van der Waals surface area contributed by atoms with Gasteiger partial charge >= 0.3 is 0 Å². The van der Waals surface area contributed by atoms with Crippen molar-refractivity contribution in [2.24, 2.45) is 7.05 Å². The smallest absolute Gasteiger partial charge is 0.261 e. The Hall–Kier alpha value is -1.76. The van der Waals surface area contributed by atoms with Gasteiger partial charge in [-0.25, -0.2) is 4.98 Å². The zero-order chi connectivity index (χ0) is 18.5. The zero-order valence-electron chi connectivity index (χ0n) is 16.1. The summed E-state index contributed by atoms with van der Waals surface area (Å²) >= 11 is 0. The summed E-state index contributed by atoms with van der Waals surface area (Å²) in [5.74, 6) is 0.842. The van der Waals surface area contributed by atoms with E-state index >= 15 is 0 Å². The van der Waals surface area contributed by atoms with E-state index in [9.17, 15) is 4.79 Å². The largest absolute Gasteiger partial charge is 0.383 e. The molecule has 0 aliphatic carbocycles. The first-order valence-corrected chi connectivity index (χ1v) is 9.54. The van der Waals surface area contributed by atoms with Gasteiger partial charge in [-0.3, -0.25) is 19.2 Å². The number of ether oxygens (including phenoxy) is 1. The van der Waals surface area contributed by atoms with Crippen LogP contribution in [0.25, 0.3) is 10.9 Å². The molecule has 1 saturated heterocycles. The van der Waals surface area contributed by atoms with E-state index in [0.717, 1.165) is 50.7 Å². The van der Waals surface area contributed by atoms with Crippen molar-refractivity contribution < 1.29 is 4.74 Å². The lowest BCUT2D eigenvalue weighted by atomic mass is 10.1. The molecule has 1 aromatic heterocycles. The maximum atomic E-state index is 12.6. The molecule has 1 atom stereocenters. The van der Waals surface area contributed by atoms with E-state index in [0.29, 0.717) is 11.4 Å². The first-order chi connectivity index (χ1) is 12.6. The highest BCUT2D eigenvalue weighted by Gasteiger charge is 2.26. The normalized spacial score (nSPS) is 19.3. The van der Waals surface area contributed by atoms with Gasteiger partial charge in [0, 0.05) is 46.4 Å². The third-order valence-corrected chi connectivity index (χ3v) is 5.33. The minimum atomic E-state index is 0.0365. The van der Waals surface area contributed by atoms with E-state index in [1.807, 2.05) is 31.3 Å². The maximum absolute atomic E-state index is 12.6. The molecule has 2 aromatic rings. The Bertz CT molecular complexity index is 789. The van der Waals surface area contributed by atoms with Crippen molar-refractivity contribution in [1.82, 2.24) is 19.4 Å². The monoisotopic (exact) mass is 358 g/mol. The Kier molecular flexibility index (Phi) is 6.40. The molecule has 1 fully saturated rings. The van der Waals surface area contributed by atoms with Gasteiger partial charge in [-0.15, -0.1) is 0 Å². The van der Waals surface area contributed by atoms with E-state index < -0.39 is 0 Å². The number of hydrogen-bond acceptors (Lipinski definition) is 5. The van der Waals surface area contributed by atoms with Crippen LogP contribution in [0.5, 0.6) is 0 Å². The molecule has 1 aromatic carbocycles. The first kappa shape index (κ1) is 19.0. The maximum Gasteiger partial charge on any atom is 0.261 e. The van der Waals surface area contributed by atoms with Gasteiger partial charge in [0.1, 0.15) is 5.82 Å². The van der Waals surface area contributed by atoms with E-state index in [2.05, 4.69) is 16.7 Å². The van der Waals surface area contributed by atoms with Crippen LogP contribution in [0.1, 0.15) is 25.6 Å². The summed E-state index contributed by atoms with van der Waals surface area (Å²) in [6.07, 6.45) is 2.36. The SMILES string of the molecule is CCCC1CN(Cc2nc3ccccc3c(=O)n2C)CCN1CCOC. The van der Waals surface area contributed by atoms with Crippen LogP contribution in [0.3, 0.4) is 0 Å². The predicted molar refractivity (Wildman–Crippen MR) is 104 cm³/mol. The molecule has 0 spiro atoms. The molecule has 6 heteroatoms. The lowest BCUT2D eigenvalue weighted by Gasteiger charge is -2.41. The molecule has 0 radical (unpaired) electrons. The summed E-state index contributed by atoms with van der Waals surface area (Å²) in [6, 6.07) is 8.13. The molecule has 0 saturated carbocycles. The summed E-state index contributed by atoms with van der Waals surface area (Å²) in [7, 11) is 3.59. The minimum Gasteiger partial charge on any atom is -0.383 e. The molecule has 0 amide bonds. The van der Waals surface area contributed by atoms with Crippen LogP contribution >= 0.6 is 0 Å². The number of fused-ring (bicyclic) bond motifs is 1. The van der Waals surface area contributed by atoms with Gasteiger partial charge in [-0.05, 0) is 18.6 Å². The van der Waals surface area contributed by atoms with Gasteiger partial charge in [-0.2, -0.15) is 0 Å². The number of rotatable bonds is 7. The molecule has 0 bridgehead atoms. The molecule has 1 aliphatic rings. The fraction of sp³-hybridized carbons (Fsp3) is 0.600. The summed E-state index contributed by atoms with van der Waals surface area (Å²) in [5.41, 5.74) is 0.823. The quantitative estimate of drug-likeness (QED) is 0.756. The Morgan fingerprint density at radius 2 is 2.08 bits per heavy atom. The van der Waals surface area contributed by atoms with Crippen molar-refractivity contribution in [3.63, 3.8) is 0 Å². The molecule has 0 N–H and O–H groups in total. The van der Waals surface area contributed by atoms with Crippen LogP contribution in [0.4, 0.5) is 0 Å². The summed E-state index contributed by atoms with van der Waals surface area (Å²) < 4.78 is 6.96. The second-order valence-electron chi connectivity index (χ2n) is 7.12. The molecule has 1 aliphatic heterocycles. The number of para-hydroxylation sites is 1. The Morgan fingerprint density at radius 3 is 2.85 bits per heavy atom. The number of aromatic nitrogens is 2. The fourth-order valence-electron chi connectivity index (χ4n) is 3.82. The second kappa shape index (κ2) is 8.75. The number of nitrogens with zero attached hydrogens (tertiary/aromatic N) is 4. The standard InChI is InChI=1S/C20H30N4O2/c1-4-7-16-14-23(10-11-24(16)12-13-26-3)15-19-21-18-9-6-5-8-17(18)20(25)22(19)2/h5-6,8-9,16H,4,7,10-15H2,1-3H3. The molecule has 6 nitrogen and oxygen atoms in total. The number of benzene rings is 1. The number of methoxy groups -OCH3 is 1. The molecular weight excluding hydrogens is 328 g/mol. The Morgan fingerprint density at radius 1 is 1.27 bits per heavy atom. The second-order valence-corrected chi connectivity index (χ2v) is 7.12. The zero-order valence-corrected chi connectivity index (χ0v) is 16.1. The summed E-state index contributed by atoms with van der Waals surface area (Å²) in [4.78, 5) is 22.3. The lowest BCUT2D eigenvalue weighted by Crippen LogP contribution is -2.53. The van der Waals surface area contributed by atoms with Crippen LogP contribution in [-0.2, 0) is 18.3 Å². The van der Waals surface area contributed by atoms with Gasteiger partial charge in [0.25, 0.3) is 5.56 Å². The van der Waals surface area contributed by atoms with Gasteiger partial charge < -0.3 is 4.74 Å². The van der Waals surface area contributed by atoms with Crippen molar-refractivity contribution in [1.29, 1.82) is 0 Å². The van der Waals surface area contributed by atoms with Crippen LogP contribution < -0.4 is 5.56 Å². The highest BCUT2D eigenvalue weighted by atomic mass is 16.5. The highest BCUT2D eigenvalue weighted by Crippen LogP contribution is 2.17. The third kappa shape index (κ3) is 4.14. The average molecular weight is 358 g/mol. The predicted octanol–water partition coefficient (Wildman–Crippen LogP) is 1.87. The Balaban J connectivity index is 1.76. The molecule has 2 heterocycles. The summed E-state index contributed by atoms with van der Waals surface area (Å²) in [5, 5.41) is 0.687. The molecule has 3 rings (SSSR count). The van der Waals surface area contributed by atoms with Gasteiger partial charge in [-0.1, -0.05) is 25.5 Å². The topological polar surface area (TPSA) is 50.6 Å². The van der Waals surface area contributed by atoms with Crippen LogP contribution in [0.2, 0.25) is 0 Å². The van der Waals surface area contributed by atoms with Crippen LogP contribution in [0, 0.1) is 0 Å². The van der Waals surface area contributed by atoms with E-state index in [-0.39, 0.29) is 5.56 Å². The molecule has 26 heavy (non-hydrogen) atoms. The number of hydrogen-bond donors (Lipinski definition) is 0. The Labute approximate surface area is 155 Å². The van der Waals surface area contributed by atoms with E-state index in [1.165, 1.54) is 12.8 Å². The molecule has 142 valence electrons. The lowest BCUT2D eigenvalue weighted by molar-refractivity contribution is 0.0427. The van der Waals surface area contributed by atoms with Crippen molar-refractivity contribution in [2.75, 3.05) is 39.9 Å². The van der Waals surface area contributed by atoms with Crippen LogP contribution in [-0.4, -0.2) is 65.3 Å². The average Bonchev–Trinajstić information content (AvgIpc) is 2.65. The van der Waals surface area contributed by atoms with Gasteiger partial charge in [0.05, 0.1) is 24.1 Å². The van der Waals surface area contributed by atoms with Crippen molar-refractivity contribution in [3.8, 4) is 0 Å².